The summed E-state index contributed by atoms with van der Waals surface area (Å²) in [6, 6.07) is 0. The van der Waals surface area contributed by atoms with Crippen LogP contribution >= 0.6 is 0 Å². The lowest BCUT2D eigenvalue weighted by Crippen LogP contribution is -2.28. The van der Waals surface area contributed by atoms with E-state index in [1.807, 2.05) is 0 Å². The molecule has 2 aliphatic rings. The number of fused-ring (bicyclic) bond motifs is 2. The third-order valence-electron chi connectivity index (χ3n) is 2.42. The van der Waals surface area contributed by atoms with Gasteiger partial charge in [-0.15, -0.1) is 0 Å². The molecule has 4 nitrogen and oxygen atoms in total. The van der Waals surface area contributed by atoms with Crippen molar-refractivity contribution in [1.82, 2.24) is 0 Å². The summed E-state index contributed by atoms with van der Waals surface area (Å²) >= 11 is 0. The van der Waals surface area contributed by atoms with Crippen LogP contribution in [-0.4, -0.2) is 23.1 Å². The fourth-order valence-corrected chi connectivity index (χ4v) is 1.87. The van der Waals surface area contributed by atoms with E-state index in [4.69, 9.17) is 9.84 Å². The zero-order chi connectivity index (χ0) is 8.01. The van der Waals surface area contributed by atoms with Crippen molar-refractivity contribution in [2.75, 3.05) is 0 Å². The smallest absolute Gasteiger partial charge is 0.310 e. The number of carbonyl (C=O) groups excluding carboxylic acids is 1. The molecule has 0 aromatic carbocycles. The summed E-state index contributed by atoms with van der Waals surface area (Å²) in [5.41, 5.74) is 0. The van der Waals surface area contributed by atoms with Gasteiger partial charge in [0.1, 0.15) is 6.10 Å². The Balaban J connectivity index is 2.18. The Labute approximate surface area is 63.1 Å². The van der Waals surface area contributed by atoms with Gasteiger partial charge >= 0.3 is 11.9 Å². The van der Waals surface area contributed by atoms with Crippen molar-refractivity contribution in [1.29, 1.82) is 0 Å². The molecule has 3 atom stereocenters. The predicted octanol–water partition coefficient (Wildman–Crippen LogP) is 0.0226. The molecule has 2 bridgehead atoms. The Morgan fingerprint density at radius 3 is 2.64 bits per heavy atom. The van der Waals surface area contributed by atoms with Crippen LogP contribution in [0.5, 0.6) is 0 Å². The molecule has 2 rings (SSSR count). The molecule has 1 saturated heterocycles. The molecule has 60 valence electrons. The number of hydrogen-bond donors (Lipinski definition) is 1. The second kappa shape index (κ2) is 1.96. The first-order valence-corrected chi connectivity index (χ1v) is 3.62. The Hall–Kier alpha value is -1.06. The SMILES string of the molecule is O=C(O)[C@H]1C[C@H]2C[C@@H]1C(=O)O2. The zero-order valence-electron chi connectivity index (χ0n) is 5.82. The standard InChI is InChI=1S/C7H8O4/c8-6(9)4-1-3-2-5(4)7(10)11-3/h3-5H,1-2H2,(H,8,9)/t3-,4-,5-/m0/s1. The first-order valence-electron chi connectivity index (χ1n) is 3.62. The topological polar surface area (TPSA) is 63.6 Å². The van der Waals surface area contributed by atoms with Crippen LogP contribution in [0.25, 0.3) is 0 Å². The second-order valence-corrected chi connectivity index (χ2v) is 3.08. The molecule has 11 heavy (non-hydrogen) atoms. The number of esters is 1. The first kappa shape index (κ1) is 6.64. The van der Waals surface area contributed by atoms with Crippen molar-refractivity contribution in [3.05, 3.63) is 0 Å². The lowest BCUT2D eigenvalue weighted by molar-refractivity contribution is -0.158. The molecule has 0 aromatic rings. The van der Waals surface area contributed by atoms with Crippen molar-refractivity contribution in [3.63, 3.8) is 0 Å². The minimum Gasteiger partial charge on any atom is -0.481 e. The lowest BCUT2D eigenvalue weighted by Gasteiger charge is -2.16. The summed E-state index contributed by atoms with van der Waals surface area (Å²) in [5, 5.41) is 8.65. The highest BCUT2D eigenvalue weighted by Gasteiger charge is 2.50. The maximum absolute atomic E-state index is 10.9. The number of carbonyl (C=O) groups is 2. The molecular formula is C7H8O4. The van der Waals surface area contributed by atoms with Gasteiger partial charge < -0.3 is 9.84 Å². The van der Waals surface area contributed by atoms with Gasteiger partial charge in [-0.25, -0.2) is 0 Å². The van der Waals surface area contributed by atoms with E-state index in [9.17, 15) is 9.59 Å². The van der Waals surface area contributed by atoms with E-state index in [0.717, 1.165) is 0 Å². The van der Waals surface area contributed by atoms with Crippen LogP contribution in [0.15, 0.2) is 0 Å². The normalized spacial score (nSPS) is 40.7. The number of carboxylic acid groups (broad SMARTS) is 1. The molecule has 1 N–H and O–H groups in total. The van der Waals surface area contributed by atoms with Crippen molar-refractivity contribution < 1.29 is 19.4 Å². The van der Waals surface area contributed by atoms with Crippen molar-refractivity contribution in [3.8, 4) is 0 Å². The molecule has 1 heterocycles. The Morgan fingerprint density at radius 1 is 1.55 bits per heavy atom. The fourth-order valence-electron chi connectivity index (χ4n) is 1.87. The van der Waals surface area contributed by atoms with E-state index < -0.39 is 11.9 Å². The number of hydrogen-bond acceptors (Lipinski definition) is 3. The molecule has 0 radical (unpaired) electrons. The van der Waals surface area contributed by atoms with Crippen LogP contribution in [0, 0.1) is 11.8 Å². The summed E-state index contributed by atoms with van der Waals surface area (Å²) in [6.45, 7) is 0. The van der Waals surface area contributed by atoms with E-state index in [0.29, 0.717) is 12.8 Å². The number of aliphatic carboxylic acids is 1. The third kappa shape index (κ3) is 0.818. The van der Waals surface area contributed by atoms with Crippen molar-refractivity contribution in [2.45, 2.75) is 18.9 Å². The molecule has 0 spiro atoms. The molecule has 0 unspecified atom stereocenters. The molecule has 1 saturated carbocycles. The minimum atomic E-state index is -0.867. The predicted molar refractivity (Wildman–Crippen MR) is 33.7 cm³/mol. The van der Waals surface area contributed by atoms with Crippen LogP contribution in [0.3, 0.4) is 0 Å². The molecule has 4 heteroatoms. The molecule has 0 aromatic heterocycles. The van der Waals surface area contributed by atoms with E-state index in [1.165, 1.54) is 0 Å². The Kier molecular flexibility index (Phi) is 1.19. The van der Waals surface area contributed by atoms with E-state index in [1.54, 1.807) is 0 Å². The summed E-state index contributed by atoms with van der Waals surface area (Å²) in [5.74, 6) is -2.04. The van der Waals surface area contributed by atoms with Gasteiger partial charge in [-0.2, -0.15) is 0 Å². The fraction of sp³-hybridized carbons (Fsp3) is 0.714. The van der Waals surface area contributed by atoms with Gasteiger partial charge in [0.2, 0.25) is 0 Å². The summed E-state index contributed by atoms with van der Waals surface area (Å²) in [7, 11) is 0. The molecule has 1 aliphatic carbocycles. The molecule has 0 amide bonds. The van der Waals surface area contributed by atoms with Crippen LogP contribution in [0.1, 0.15) is 12.8 Å². The van der Waals surface area contributed by atoms with E-state index in [2.05, 4.69) is 0 Å². The molecule has 2 fully saturated rings. The average Bonchev–Trinajstić information content (AvgIpc) is 2.43. The van der Waals surface area contributed by atoms with Crippen molar-refractivity contribution in [2.24, 2.45) is 11.8 Å². The highest BCUT2D eigenvalue weighted by atomic mass is 16.6. The lowest BCUT2D eigenvalue weighted by atomic mass is 9.96. The largest absolute Gasteiger partial charge is 0.481 e. The van der Waals surface area contributed by atoms with Crippen LogP contribution < -0.4 is 0 Å². The van der Waals surface area contributed by atoms with Gasteiger partial charge in [0.05, 0.1) is 11.8 Å². The third-order valence-corrected chi connectivity index (χ3v) is 2.42. The average molecular weight is 156 g/mol. The molecular weight excluding hydrogens is 148 g/mol. The van der Waals surface area contributed by atoms with Gasteiger partial charge in [-0.3, -0.25) is 9.59 Å². The van der Waals surface area contributed by atoms with Gasteiger partial charge in [0, 0.05) is 0 Å². The number of carboxylic acids is 1. The summed E-state index contributed by atoms with van der Waals surface area (Å²) < 4.78 is 4.84. The Bertz CT molecular complexity index is 222. The van der Waals surface area contributed by atoms with Gasteiger partial charge in [-0.1, -0.05) is 0 Å². The zero-order valence-corrected chi connectivity index (χ0v) is 5.82. The maximum Gasteiger partial charge on any atom is 0.310 e. The van der Waals surface area contributed by atoms with Gasteiger partial charge in [-0.05, 0) is 12.8 Å². The monoisotopic (exact) mass is 156 g/mol. The second-order valence-electron chi connectivity index (χ2n) is 3.08. The maximum atomic E-state index is 10.9. The number of ether oxygens (including phenoxy) is 1. The highest BCUT2D eigenvalue weighted by Crippen LogP contribution is 2.40. The van der Waals surface area contributed by atoms with Crippen LogP contribution in [0.4, 0.5) is 0 Å². The summed E-state index contributed by atoms with van der Waals surface area (Å²) in [6.07, 6.45) is 0.996. The van der Waals surface area contributed by atoms with Gasteiger partial charge in [0.15, 0.2) is 0 Å². The minimum absolute atomic E-state index is 0.117. The van der Waals surface area contributed by atoms with Gasteiger partial charge in [0.25, 0.3) is 0 Å². The summed E-state index contributed by atoms with van der Waals surface area (Å²) in [4.78, 5) is 21.4. The molecule has 1 aliphatic heterocycles. The van der Waals surface area contributed by atoms with E-state index in [-0.39, 0.29) is 18.0 Å². The van der Waals surface area contributed by atoms with Crippen LogP contribution in [0.2, 0.25) is 0 Å². The highest BCUT2D eigenvalue weighted by molar-refractivity contribution is 5.84. The van der Waals surface area contributed by atoms with E-state index >= 15 is 0 Å². The number of rotatable bonds is 1. The van der Waals surface area contributed by atoms with Crippen LogP contribution in [-0.2, 0) is 14.3 Å². The Morgan fingerprint density at radius 2 is 2.27 bits per heavy atom. The quantitative estimate of drug-likeness (QED) is 0.544. The van der Waals surface area contributed by atoms with Crippen molar-refractivity contribution >= 4 is 11.9 Å². The first-order chi connectivity index (χ1) is 5.18.